The predicted octanol–water partition coefficient (Wildman–Crippen LogP) is 27.3. The number of hydrogen-bond donors (Lipinski definition) is 0. The van der Waals surface area contributed by atoms with Crippen LogP contribution in [-0.4, -0.2) is 0 Å². The van der Waals surface area contributed by atoms with E-state index in [2.05, 4.69) is 12.1 Å². The number of benzene rings is 10. The van der Waals surface area contributed by atoms with Crippen molar-refractivity contribution in [1.29, 1.82) is 0 Å². The molecule has 0 saturated carbocycles. The molecule has 0 aliphatic rings. The molecule has 0 spiro atoms. The van der Waals surface area contributed by atoms with Crippen LogP contribution in [0.2, 0.25) is 20.1 Å². The molecule has 0 radical (unpaired) electrons. The lowest BCUT2D eigenvalue weighted by Gasteiger charge is -2.00. The summed E-state index contributed by atoms with van der Waals surface area (Å²) in [6.45, 7) is 34.6. The van der Waals surface area contributed by atoms with E-state index in [4.69, 9.17) is 46.4 Å². The third-order valence-corrected chi connectivity index (χ3v) is 15.7. The van der Waals surface area contributed by atoms with E-state index < -0.39 is 34.9 Å². The molecule has 0 N–H and O–H groups in total. The van der Waals surface area contributed by atoms with Crippen LogP contribution < -0.4 is 0 Å². The van der Waals surface area contributed by atoms with Gasteiger partial charge < -0.3 is 0 Å². The molecule has 0 amide bonds. The van der Waals surface area contributed by atoms with Crippen LogP contribution in [0.4, 0.5) is 52.7 Å². The third-order valence-electron chi connectivity index (χ3n) is 14.0. The summed E-state index contributed by atoms with van der Waals surface area (Å²) in [6.07, 6.45) is 0. The Balaban J connectivity index is 0.000000534. The van der Waals surface area contributed by atoms with E-state index in [1.165, 1.54) is 101 Å². The molecule has 16 heteroatoms. The lowest BCUT2D eigenvalue weighted by Crippen LogP contribution is -1.91. The van der Waals surface area contributed by atoms with Crippen molar-refractivity contribution in [2.24, 2.45) is 0 Å². The zero-order valence-electron chi connectivity index (χ0n) is 57.9. The molecule has 10 rings (SSSR count). The van der Waals surface area contributed by atoms with Crippen molar-refractivity contribution in [2.75, 3.05) is 0 Å². The third kappa shape index (κ3) is 30.7. The molecule has 0 nitrogen and oxygen atoms in total. The van der Waals surface area contributed by atoms with Gasteiger partial charge in [-0.3, -0.25) is 0 Å². The van der Waals surface area contributed by atoms with E-state index in [9.17, 15) is 52.7 Å². The summed E-state index contributed by atoms with van der Waals surface area (Å²) in [6, 6.07) is 40.4. The van der Waals surface area contributed by atoms with Crippen molar-refractivity contribution in [1.82, 2.24) is 0 Å². The maximum Gasteiger partial charge on any atom is 0.161 e. The Bertz CT molecular complexity index is 3600. The molecule has 0 saturated heterocycles. The van der Waals surface area contributed by atoms with Crippen molar-refractivity contribution >= 4 is 46.4 Å². The van der Waals surface area contributed by atoms with Crippen LogP contribution in [0.1, 0.15) is 111 Å². The second kappa shape index (κ2) is 42.3. The maximum atomic E-state index is 12.9. The Morgan fingerprint density at radius 3 is 0.594 bits per heavy atom. The Hall–Kier alpha value is -7.48. The molecule has 0 unspecified atom stereocenters. The van der Waals surface area contributed by atoms with Crippen LogP contribution in [-0.2, 0) is 0 Å². The van der Waals surface area contributed by atoms with Crippen LogP contribution in [0.25, 0.3) is 0 Å². The second-order valence-electron chi connectivity index (χ2n) is 23.1. The van der Waals surface area contributed by atoms with Crippen LogP contribution in [0.3, 0.4) is 0 Å². The Labute approximate surface area is 580 Å². The van der Waals surface area contributed by atoms with Crippen molar-refractivity contribution in [3.8, 4) is 0 Å². The quantitative estimate of drug-likeness (QED) is 0.133. The van der Waals surface area contributed by atoms with Gasteiger partial charge in [0, 0.05) is 21.2 Å². The molecule has 0 aliphatic heterocycles. The fourth-order valence-electron chi connectivity index (χ4n) is 7.31. The molecule has 0 heterocycles. The van der Waals surface area contributed by atoms with Crippen molar-refractivity contribution in [3.05, 3.63) is 347 Å². The highest BCUT2D eigenvalue weighted by molar-refractivity contribution is 6.32. The van der Waals surface area contributed by atoms with E-state index in [0.717, 1.165) is 43.4 Å². The average Bonchev–Trinajstić information content (AvgIpc) is 2.13. The van der Waals surface area contributed by atoms with Gasteiger partial charge in [-0.25, -0.2) is 52.7 Å². The minimum absolute atomic E-state index is 0.0885. The lowest BCUT2D eigenvalue weighted by atomic mass is 10.1. The van der Waals surface area contributed by atoms with E-state index in [-0.39, 0.29) is 56.1 Å². The zero-order chi connectivity index (χ0) is 73.8. The van der Waals surface area contributed by atoms with Crippen LogP contribution in [0.15, 0.2) is 146 Å². The first-order valence-electron chi connectivity index (χ1n) is 29.9. The summed E-state index contributed by atoms with van der Waals surface area (Å²) >= 11 is 22.8. The van der Waals surface area contributed by atoms with Gasteiger partial charge in [0.15, 0.2) is 11.6 Å². The first-order chi connectivity index (χ1) is 44.5. The lowest BCUT2D eigenvalue weighted by molar-refractivity contribution is 0.497. The molecule has 0 aliphatic carbocycles. The fraction of sp³-hybridized carbons (Fsp3) is 0.250. The minimum Gasteiger partial charge on any atom is -0.207 e. The first kappa shape index (κ1) is 86.5. The van der Waals surface area contributed by atoms with Gasteiger partial charge in [0.25, 0.3) is 0 Å². The molecule has 516 valence electrons. The van der Waals surface area contributed by atoms with Crippen molar-refractivity contribution in [2.45, 2.75) is 138 Å². The number of aryl methyl sites for hydroxylation is 18. The molecule has 0 aromatic heterocycles. The molecule has 10 aromatic rings. The average molecular weight is 1420 g/mol. The summed E-state index contributed by atoms with van der Waals surface area (Å²) in [5.74, 6) is -4.91. The molecular formula is C80H84Cl4F12. The minimum atomic E-state index is -0.736. The largest absolute Gasteiger partial charge is 0.207 e. The van der Waals surface area contributed by atoms with Crippen molar-refractivity contribution < 1.29 is 52.7 Å². The first-order valence-corrected chi connectivity index (χ1v) is 31.4. The van der Waals surface area contributed by atoms with Gasteiger partial charge in [0.1, 0.15) is 58.2 Å². The Morgan fingerprint density at radius 2 is 0.375 bits per heavy atom. The van der Waals surface area contributed by atoms with Gasteiger partial charge in [-0.15, -0.1) is 0 Å². The molecule has 0 bridgehead atoms. The molecule has 0 atom stereocenters. The second-order valence-corrected chi connectivity index (χ2v) is 24.6. The molecule has 0 fully saturated rings. The summed E-state index contributed by atoms with van der Waals surface area (Å²) in [7, 11) is 0. The van der Waals surface area contributed by atoms with E-state index in [1.54, 1.807) is 104 Å². The summed E-state index contributed by atoms with van der Waals surface area (Å²) in [5.41, 5.74) is 13.6. The van der Waals surface area contributed by atoms with Gasteiger partial charge in [0.2, 0.25) is 0 Å². The number of halogens is 16. The number of rotatable bonds is 0. The van der Waals surface area contributed by atoms with Gasteiger partial charge in [-0.1, -0.05) is 131 Å². The Kier molecular flexibility index (Phi) is 38.1. The normalized spacial score (nSPS) is 9.88. The van der Waals surface area contributed by atoms with E-state index in [0.29, 0.717) is 55.6 Å². The molecular weight excluding hydrogens is 1330 g/mol. The summed E-state index contributed by atoms with van der Waals surface area (Å²) < 4.78 is 152. The summed E-state index contributed by atoms with van der Waals surface area (Å²) in [4.78, 5) is 0. The van der Waals surface area contributed by atoms with Gasteiger partial charge in [-0.05, 0) is 299 Å². The van der Waals surface area contributed by atoms with Gasteiger partial charge in [0.05, 0.1) is 10.0 Å². The van der Waals surface area contributed by atoms with Crippen LogP contribution in [0, 0.1) is 208 Å². The fourth-order valence-corrected chi connectivity index (χ4v) is 8.20. The highest BCUT2D eigenvalue weighted by Crippen LogP contribution is 2.24. The van der Waals surface area contributed by atoms with E-state index >= 15 is 0 Å². The Morgan fingerprint density at radius 1 is 0.177 bits per heavy atom. The monoisotopic (exact) mass is 1410 g/mol. The molecule has 96 heavy (non-hydrogen) atoms. The van der Waals surface area contributed by atoms with Crippen molar-refractivity contribution in [3.63, 3.8) is 0 Å². The zero-order valence-corrected chi connectivity index (χ0v) is 60.9. The standard InChI is InChI=1S/2C8H8ClF.2C8H9Cl.4C8H8F2.2C8H9F/c2*1-5-3-4-6(2)8(10)7(5)9;2*1-6-3-4-7(2)8(9)5-6;1-5-3-8(10)6(2)4-7(5)9;2*1-5-3-7(9)6(2)8(10)4-5;1-5-3-4-6(2)8(10)7(5)9;2*1-6-3-4-7(2)8(9)5-6/h2*3-4H,1-2H3;2*3-5H,1-2H3;4*3-4H,1-2H3;2*3-5H,1-2H3. The topological polar surface area (TPSA) is 0 Å². The maximum absolute atomic E-state index is 12.9. The highest BCUT2D eigenvalue weighted by Gasteiger charge is 2.09. The number of hydrogen-bond acceptors (Lipinski definition) is 0. The van der Waals surface area contributed by atoms with Crippen LogP contribution in [0.5, 0.6) is 0 Å². The highest BCUT2D eigenvalue weighted by atomic mass is 35.5. The predicted molar refractivity (Wildman–Crippen MR) is 379 cm³/mol. The SMILES string of the molecule is Cc1cc(F)c(C)c(F)c1.Cc1cc(F)c(C)c(F)c1.Cc1cc(F)c(C)cc1F.Cc1ccc(C)c(Cl)c1.Cc1ccc(C)c(Cl)c1.Cc1ccc(C)c(Cl)c1F.Cc1ccc(C)c(Cl)c1F.Cc1ccc(C)c(F)c1.Cc1ccc(C)c(F)c1.Cc1ccc(C)c(F)c1F. The van der Waals surface area contributed by atoms with Crippen LogP contribution >= 0.6 is 46.4 Å². The smallest absolute Gasteiger partial charge is 0.161 e. The van der Waals surface area contributed by atoms with Gasteiger partial charge >= 0.3 is 0 Å². The summed E-state index contributed by atoms with van der Waals surface area (Å²) in [5, 5.41) is 2.19. The molecule has 10 aromatic carbocycles. The van der Waals surface area contributed by atoms with E-state index in [1.807, 2.05) is 77.9 Å². The van der Waals surface area contributed by atoms with Gasteiger partial charge in [-0.2, -0.15) is 0 Å².